The van der Waals surface area contributed by atoms with Gasteiger partial charge in [-0.1, -0.05) is 19.1 Å². The Morgan fingerprint density at radius 1 is 1.08 bits per heavy atom. The number of piperazine rings is 1. The van der Waals surface area contributed by atoms with Crippen LogP contribution in [-0.2, 0) is 6.42 Å². The van der Waals surface area contributed by atoms with Crippen molar-refractivity contribution in [2.75, 3.05) is 51.7 Å². The van der Waals surface area contributed by atoms with Crippen molar-refractivity contribution in [1.29, 1.82) is 0 Å². The summed E-state index contributed by atoms with van der Waals surface area (Å²) in [5.41, 5.74) is 9.87. The number of H-pyrrole nitrogens is 1. The fourth-order valence-electron chi connectivity index (χ4n) is 5.66. The number of rotatable bonds is 7. The SMILES string of the molecule is CCc1cc(-c2cnc3[nH]cc(-c4ccc(C(=O)N(C)CC(C)O)cc4)c3c2)cc(C)c1N1CCN(C)CC1. The van der Waals surface area contributed by atoms with Crippen molar-refractivity contribution >= 4 is 22.6 Å². The molecule has 0 radical (unpaired) electrons. The van der Waals surface area contributed by atoms with Gasteiger partial charge in [0.1, 0.15) is 5.65 Å². The summed E-state index contributed by atoms with van der Waals surface area (Å²) in [5, 5.41) is 10.7. The Bertz CT molecular complexity index is 1470. The molecule has 7 heteroatoms. The van der Waals surface area contributed by atoms with Gasteiger partial charge >= 0.3 is 0 Å². The third-order valence-electron chi connectivity index (χ3n) is 7.77. The number of hydrogen-bond acceptors (Lipinski definition) is 5. The molecule has 0 spiro atoms. The number of likely N-dealkylation sites (N-methyl/N-ethyl adjacent to an activating group) is 2. The molecule has 1 aliphatic rings. The summed E-state index contributed by atoms with van der Waals surface area (Å²) >= 11 is 0. The van der Waals surface area contributed by atoms with Crippen LogP contribution >= 0.6 is 0 Å². The van der Waals surface area contributed by atoms with Crippen molar-refractivity contribution in [2.24, 2.45) is 0 Å². The summed E-state index contributed by atoms with van der Waals surface area (Å²) < 4.78 is 0. The van der Waals surface area contributed by atoms with Crippen LogP contribution < -0.4 is 4.90 Å². The normalized spacial score (nSPS) is 15.1. The lowest BCUT2D eigenvalue weighted by atomic mass is 9.95. The first kappa shape index (κ1) is 26.9. The van der Waals surface area contributed by atoms with E-state index in [1.54, 1.807) is 18.9 Å². The van der Waals surface area contributed by atoms with Gasteiger partial charge in [0, 0.05) is 79.9 Å². The molecule has 4 aromatic rings. The van der Waals surface area contributed by atoms with E-state index in [1.807, 2.05) is 36.7 Å². The molecular weight excluding hydrogens is 486 g/mol. The van der Waals surface area contributed by atoms with E-state index in [0.717, 1.165) is 60.3 Å². The summed E-state index contributed by atoms with van der Waals surface area (Å²) in [6.07, 6.45) is 4.36. The van der Waals surface area contributed by atoms with E-state index in [9.17, 15) is 9.90 Å². The van der Waals surface area contributed by atoms with Crippen molar-refractivity contribution in [2.45, 2.75) is 33.3 Å². The number of aliphatic hydroxyl groups is 1. The number of aryl methyl sites for hydroxylation is 2. The third kappa shape index (κ3) is 5.56. The van der Waals surface area contributed by atoms with Gasteiger partial charge in [0.25, 0.3) is 5.91 Å². The topological polar surface area (TPSA) is 75.7 Å². The van der Waals surface area contributed by atoms with E-state index in [0.29, 0.717) is 12.1 Å². The number of nitrogens with one attached hydrogen (secondary N) is 1. The Hall–Kier alpha value is -3.68. The quantitative estimate of drug-likeness (QED) is 0.356. The fourth-order valence-corrected chi connectivity index (χ4v) is 5.66. The Balaban J connectivity index is 1.45. The number of aromatic amines is 1. The molecule has 1 amide bonds. The second-order valence-corrected chi connectivity index (χ2v) is 10.9. The maximum atomic E-state index is 12.7. The predicted molar refractivity (Wildman–Crippen MR) is 159 cm³/mol. The highest BCUT2D eigenvalue weighted by molar-refractivity contribution is 5.98. The van der Waals surface area contributed by atoms with Crippen LogP contribution in [-0.4, -0.2) is 83.7 Å². The highest BCUT2D eigenvalue weighted by atomic mass is 16.3. The van der Waals surface area contributed by atoms with Crippen LogP contribution in [0, 0.1) is 6.92 Å². The maximum absolute atomic E-state index is 12.7. The van der Waals surface area contributed by atoms with Crippen LogP contribution in [0.3, 0.4) is 0 Å². The van der Waals surface area contributed by atoms with Crippen LogP contribution in [0.5, 0.6) is 0 Å². The molecule has 204 valence electrons. The molecule has 5 rings (SSSR count). The van der Waals surface area contributed by atoms with E-state index in [2.05, 4.69) is 53.9 Å². The predicted octanol–water partition coefficient (Wildman–Crippen LogP) is 4.97. The molecule has 0 aliphatic carbocycles. The smallest absolute Gasteiger partial charge is 0.253 e. The van der Waals surface area contributed by atoms with E-state index in [1.165, 1.54) is 22.4 Å². The first-order chi connectivity index (χ1) is 18.7. The number of aromatic nitrogens is 2. The molecule has 2 aromatic carbocycles. The zero-order valence-electron chi connectivity index (χ0n) is 23.7. The molecule has 0 bridgehead atoms. The van der Waals surface area contributed by atoms with E-state index in [-0.39, 0.29) is 5.91 Å². The number of anilines is 1. The lowest BCUT2D eigenvalue weighted by Crippen LogP contribution is -2.45. The zero-order chi connectivity index (χ0) is 27.7. The van der Waals surface area contributed by atoms with Gasteiger partial charge in [-0.05, 0) is 79.9 Å². The number of carbonyl (C=O) groups is 1. The maximum Gasteiger partial charge on any atom is 0.253 e. The second kappa shape index (κ2) is 11.2. The number of pyridine rings is 1. The van der Waals surface area contributed by atoms with Crippen molar-refractivity contribution < 1.29 is 9.90 Å². The van der Waals surface area contributed by atoms with Crippen LogP contribution in [0.1, 0.15) is 35.3 Å². The monoisotopic (exact) mass is 525 g/mol. The fraction of sp³-hybridized carbons (Fsp3) is 0.375. The van der Waals surface area contributed by atoms with Gasteiger partial charge in [-0.25, -0.2) is 4.98 Å². The number of carbonyl (C=O) groups excluding carboxylic acids is 1. The first-order valence-electron chi connectivity index (χ1n) is 13.8. The van der Waals surface area contributed by atoms with Crippen molar-refractivity contribution in [3.8, 4) is 22.3 Å². The number of aliphatic hydroxyl groups excluding tert-OH is 1. The van der Waals surface area contributed by atoms with E-state index < -0.39 is 6.10 Å². The molecule has 1 saturated heterocycles. The van der Waals surface area contributed by atoms with Gasteiger partial charge in [0.15, 0.2) is 0 Å². The standard InChI is InChI=1S/C32H39N5O2/c1-6-23-16-26(15-21(2)30(23)37-13-11-35(4)12-14-37)27-17-28-29(19-34-31(28)33-18-27)24-7-9-25(10-8-24)32(39)36(5)20-22(3)38/h7-10,15-19,22,38H,6,11-14,20H2,1-5H3,(H,33,34). The van der Waals surface area contributed by atoms with Gasteiger partial charge in [-0.2, -0.15) is 0 Å². The van der Waals surface area contributed by atoms with Gasteiger partial charge in [0.2, 0.25) is 0 Å². The summed E-state index contributed by atoms with van der Waals surface area (Å²) in [7, 11) is 3.90. The van der Waals surface area contributed by atoms with Crippen molar-refractivity contribution in [3.05, 3.63) is 71.5 Å². The van der Waals surface area contributed by atoms with Gasteiger partial charge in [-0.15, -0.1) is 0 Å². The Labute approximate surface area is 231 Å². The van der Waals surface area contributed by atoms with Gasteiger partial charge < -0.3 is 24.8 Å². The van der Waals surface area contributed by atoms with Crippen molar-refractivity contribution in [1.82, 2.24) is 19.8 Å². The number of hydrogen-bond donors (Lipinski definition) is 2. The van der Waals surface area contributed by atoms with Gasteiger partial charge in [-0.3, -0.25) is 4.79 Å². The Morgan fingerprint density at radius 3 is 2.46 bits per heavy atom. The first-order valence-corrected chi connectivity index (χ1v) is 13.8. The highest BCUT2D eigenvalue weighted by Gasteiger charge is 2.20. The molecule has 1 atom stereocenters. The lowest BCUT2D eigenvalue weighted by molar-refractivity contribution is 0.0703. The lowest BCUT2D eigenvalue weighted by Gasteiger charge is -2.36. The number of amides is 1. The average molecular weight is 526 g/mol. The largest absolute Gasteiger partial charge is 0.392 e. The molecule has 1 unspecified atom stereocenters. The van der Waals surface area contributed by atoms with Gasteiger partial charge in [0.05, 0.1) is 6.10 Å². The van der Waals surface area contributed by atoms with E-state index in [4.69, 9.17) is 4.98 Å². The number of fused-ring (bicyclic) bond motifs is 1. The van der Waals surface area contributed by atoms with Crippen LogP contribution in [0.15, 0.2) is 54.9 Å². The molecule has 7 nitrogen and oxygen atoms in total. The summed E-state index contributed by atoms with van der Waals surface area (Å²) in [4.78, 5) is 27.2. The van der Waals surface area contributed by atoms with E-state index >= 15 is 0 Å². The van der Waals surface area contributed by atoms with Crippen LogP contribution in [0.25, 0.3) is 33.3 Å². The molecule has 3 heterocycles. The third-order valence-corrected chi connectivity index (χ3v) is 7.77. The second-order valence-electron chi connectivity index (χ2n) is 10.9. The molecule has 2 N–H and O–H groups in total. The molecule has 1 aliphatic heterocycles. The molecule has 2 aromatic heterocycles. The highest BCUT2D eigenvalue weighted by Crippen LogP contribution is 2.35. The molecule has 0 saturated carbocycles. The summed E-state index contributed by atoms with van der Waals surface area (Å²) in [6.45, 7) is 10.7. The Morgan fingerprint density at radius 2 is 1.79 bits per heavy atom. The minimum absolute atomic E-state index is 0.104. The van der Waals surface area contributed by atoms with Crippen LogP contribution in [0.4, 0.5) is 5.69 Å². The molecule has 1 fully saturated rings. The zero-order valence-corrected chi connectivity index (χ0v) is 23.7. The minimum Gasteiger partial charge on any atom is -0.392 e. The minimum atomic E-state index is -0.564. The summed E-state index contributed by atoms with van der Waals surface area (Å²) in [5.74, 6) is -0.104. The summed E-state index contributed by atoms with van der Waals surface area (Å²) in [6, 6.07) is 14.5. The number of nitrogens with zero attached hydrogens (tertiary/aromatic N) is 4. The van der Waals surface area contributed by atoms with Crippen molar-refractivity contribution in [3.63, 3.8) is 0 Å². The number of benzene rings is 2. The molecule has 39 heavy (non-hydrogen) atoms. The van der Waals surface area contributed by atoms with Crippen LogP contribution in [0.2, 0.25) is 0 Å². The molecular formula is C32H39N5O2. The average Bonchev–Trinajstić information content (AvgIpc) is 3.36. The Kier molecular flexibility index (Phi) is 7.73.